The lowest BCUT2D eigenvalue weighted by Crippen LogP contribution is -2.05. The van der Waals surface area contributed by atoms with Gasteiger partial charge in [0.25, 0.3) is 0 Å². The van der Waals surface area contributed by atoms with Gasteiger partial charge in [0.15, 0.2) is 0 Å². The van der Waals surface area contributed by atoms with Gasteiger partial charge < -0.3 is 4.74 Å². The monoisotopic (exact) mass is 321 g/mol. The molecular formula is C18H24FNOS. The SMILES string of the molecule is CCCCCCCC(OC)c1cccc(-c2cscn2)c1F. The lowest BCUT2D eigenvalue weighted by Gasteiger charge is -2.17. The zero-order chi connectivity index (χ0) is 15.8. The second-order valence-corrected chi connectivity index (χ2v) is 6.23. The molecule has 1 heterocycles. The molecule has 0 aliphatic heterocycles. The molecule has 1 atom stereocenters. The van der Waals surface area contributed by atoms with E-state index in [-0.39, 0.29) is 11.9 Å². The molecule has 2 nitrogen and oxygen atoms in total. The van der Waals surface area contributed by atoms with Gasteiger partial charge in [0.1, 0.15) is 5.82 Å². The van der Waals surface area contributed by atoms with Crippen LogP contribution in [0.1, 0.15) is 57.1 Å². The van der Waals surface area contributed by atoms with Gasteiger partial charge in [0, 0.05) is 23.6 Å². The zero-order valence-electron chi connectivity index (χ0n) is 13.3. The van der Waals surface area contributed by atoms with Crippen LogP contribution in [0.5, 0.6) is 0 Å². The maximum atomic E-state index is 14.8. The van der Waals surface area contributed by atoms with Crippen LogP contribution in [0.25, 0.3) is 11.3 Å². The van der Waals surface area contributed by atoms with Gasteiger partial charge in [-0.15, -0.1) is 11.3 Å². The molecule has 0 bridgehead atoms. The molecule has 0 radical (unpaired) electrons. The highest BCUT2D eigenvalue weighted by atomic mass is 32.1. The first kappa shape index (κ1) is 17.1. The average Bonchev–Trinajstić information content (AvgIpc) is 3.06. The van der Waals surface area contributed by atoms with E-state index in [2.05, 4.69) is 11.9 Å². The number of ether oxygens (including phenoxy) is 1. The van der Waals surface area contributed by atoms with Gasteiger partial charge in [-0.1, -0.05) is 51.2 Å². The standard InChI is InChI=1S/C18H24FNOS/c1-3-4-5-6-7-11-17(21-2)15-10-8-9-14(18(15)19)16-12-22-13-20-16/h8-10,12-13,17H,3-7,11H2,1-2H3. The summed E-state index contributed by atoms with van der Waals surface area (Å²) in [5.41, 5.74) is 3.63. The number of halogens is 1. The Morgan fingerprint density at radius 2 is 2.05 bits per heavy atom. The van der Waals surface area contributed by atoms with Crippen molar-refractivity contribution >= 4 is 11.3 Å². The van der Waals surface area contributed by atoms with E-state index in [1.807, 2.05) is 17.5 Å². The molecule has 0 saturated carbocycles. The Morgan fingerprint density at radius 1 is 1.23 bits per heavy atom. The number of hydrogen-bond acceptors (Lipinski definition) is 3. The normalized spacial score (nSPS) is 12.5. The summed E-state index contributed by atoms with van der Waals surface area (Å²) < 4.78 is 20.3. The minimum Gasteiger partial charge on any atom is -0.377 e. The Morgan fingerprint density at radius 3 is 2.73 bits per heavy atom. The van der Waals surface area contributed by atoms with Gasteiger partial charge >= 0.3 is 0 Å². The molecule has 0 N–H and O–H groups in total. The quantitative estimate of drug-likeness (QED) is 0.529. The van der Waals surface area contributed by atoms with Crippen molar-refractivity contribution in [2.45, 2.75) is 51.6 Å². The topological polar surface area (TPSA) is 22.1 Å². The predicted molar refractivity (Wildman–Crippen MR) is 90.6 cm³/mol. The van der Waals surface area contributed by atoms with Crippen molar-refractivity contribution in [3.63, 3.8) is 0 Å². The molecule has 0 aliphatic rings. The Labute approximate surface area is 136 Å². The fourth-order valence-electron chi connectivity index (χ4n) is 2.68. The molecule has 0 spiro atoms. The summed E-state index contributed by atoms with van der Waals surface area (Å²) in [4.78, 5) is 4.21. The Balaban J connectivity index is 2.07. The first-order chi connectivity index (χ1) is 10.8. The van der Waals surface area contributed by atoms with Crippen LogP contribution in [0.2, 0.25) is 0 Å². The molecule has 120 valence electrons. The van der Waals surface area contributed by atoms with Crippen LogP contribution >= 0.6 is 11.3 Å². The summed E-state index contributed by atoms with van der Waals surface area (Å²) in [6.07, 6.45) is 6.68. The molecule has 1 unspecified atom stereocenters. The van der Waals surface area contributed by atoms with Crippen molar-refractivity contribution in [1.82, 2.24) is 4.98 Å². The third-order valence-corrected chi connectivity index (χ3v) is 4.52. The molecule has 2 aromatic rings. The predicted octanol–water partition coefficient (Wildman–Crippen LogP) is 6.00. The highest BCUT2D eigenvalue weighted by Crippen LogP contribution is 2.31. The van der Waals surface area contributed by atoms with Crippen LogP contribution in [0.4, 0.5) is 4.39 Å². The van der Waals surface area contributed by atoms with Gasteiger partial charge in [0.2, 0.25) is 0 Å². The van der Waals surface area contributed by atoms with E-state index in [0.29, 0.717) is 16.8 Å². The third kappa shape index (κ3) is 4.37. The van der Waals surface area contributed by atoms with Crippen LogP contribution in [-0.4, -0.2) is 12.1 Å². The van der Waals surface area contributed by atoms with Crippen molar-refractivity contribution in [3.05, 3.63) is 40.5 Å². The molecule has 1 aromatic heterocycles. The molecule has 1 aromatic carbocycles. The van der Waals surface area contributed by atoms with E-state index in [0.717, 1.165) is 12.8 Å². The fourth-order valence-corrected chi connectivity index (χ4v) is 3.23. The zero-order valence-corrected chi connectivity index (χ0v) is 14.2. The van der Waals surface area contributed by atoms with Crippen LogP contribution in [0.3, 0.4) is 0 Å². The third-order valence-electron chi connectivity index (χ3n) is 3.94. The Hall–Kier alpha value is -1.26. The first-order valence-electron chi connectivity index (χ1n) is 7.97. The summed E-state index contributed by atoms with van der Waals surface area (Å²) in [6.45, 7) is 2.21. The summed E-state index contributed by atoms with van der Waals surface area (Å²) in [5.74, 6) is -0.200. The van der Waals surface area contributed by atoms with Gasteiger partial charge in [-0.25, -0.2) is 9.37 Å². The van der Waals surface area contributed by atoms with Gasteiger partial charge in [0.05, 0.1) is 17.3 Å². The van der Waals surface area contributed by atoms with Crippen molar-refractivity contribution in [2.24, 2.45) is 0 Å². The Bertz CT molecular complexity index is 556. The number of rotatable bonds is 9. The number of thiazole rings is 1. The number of unbranched alkanes of at least 4 members (excludes halogenated alkanes) is 4. The molecule has 22 heavy (non-hydrogen) atoms. The second kappa shape index (κ2) is 9.01. The maximum absolute atomic E-state index is 14.8. The van der Waals surface area contributed by atoms with Crippen LogP contribution < -0.4 is 0 Å². The van der Waals surface area contributed by atoms with E-state index < -0.39 is 0 Å². The minimum absolute atomic E-state index is 0.180. The molecule has 2 rings (SSSR count). The first-order valence-corrected chi connectivity index (χ1v) is 8.92. The molecular weight excluding hydrogens is 297 g/mol. The van der Waals surface area contributed by atoms with Crippen molar-refractivity contribution in [1.29, 1.82) is 0 Å². The minimum atomic E-state index is -0.200. The fraction of sp³-hybridized carbons (Fsp3) is 0.500. The number of aromatic nitrogens is 1. The van der Waals surface area contributed by atoms with Crippen molar-refractivity contribution in [3.8, 4) is 11.3 Å². The van der Waals surface area contributed by atoms with E-state index >= 15 is 0 Å². The van der Waals surface area contributed by atoms with Crippen LogP contribution in [-0.2, 0) is 4.74 Å². The van der Waals surface area contributed by atoms with Gasteiger partial charge in [-0.2, -0.15) is 0 Å². The van der Waals surface area contributed by atoms with Crippen molar-refractivity contribution < 1.29 is 9.13 Å². The van der Waals surface area contributed by atoms with E-state index in [1.54, 1.807) is 18.7 Å². The van der Waals surface area contributed by atoms with Crippen LogP contribution in [0.15, 0.2) is 29.1 Å². The van der Waals surface area contributed by atoms with Gasteiger partial charge in [-0.3, -0.25) is 0 Å². The summed E-state index contributed by atoms with van der Waals surface area (Å²) >= 11 is 1.48. The lowest BCUT2D eigenvalue weighted by atomic mass is 9.98. The van der Waals surface area contributed by atoms with Gasteiger partial charge in [-0.05, 0) is 12.5 Å². The molecule has 0 fully saturated rings. The largest absolute Gasteiger partial charge is 0.377 e. The van der Waals surface area contributed by atoms with E-state index in [1.165, 1.54) is 37.0 Å². The average molecular weight is 321 g/mol. The smallest absolute Gasteiger partial charge is 0.138 e. The summed E-state index contributed by atoms with van der Waals surface area (Å²) in [7, 11) is 1.66. The maximum Gasteiger partial charge on any atom is 0.138 e. The number of hydrogen-bond donors (Lipinski definition) is 0. The molecule has 0 aliphatic carbocycles. The van der Waals surface area contributed by atoms with E-state index in [4.69, 9.17) is 4.74 Å². The van der Waals surface area contributed by atoms with Crippen LogP contribution in [0, 0.1) is 5.82 Å². The number of nitrogens with zero attached hydrogens (tertiary/aromatic N) is 1. The number of methoxy groups -OCH3 is 1. The summed E-state index contributed by atoms with van der Waals surface area (Å²) in [5, 5.41) is 1.87. The highest BCUT2D eigenvalue weighted by Gasteiger charge is 2.18. The second-order valence-electron chi connectivity index (χ2n) is 5.51. The molecule has 4 heteroatoms. The summed E-state index contributed by atoms with van der Waals surface area (Å²) in [6, 6.07) is 5.49. The lowest BCUT2D eigenvalue weighted by molar-refractivity contribution is 0.0900. The highest BCUT2D eigenvalue weighted by molar-refractivity contribution is 7.07. The number of benzene rings is 1. The van der Waals surface area contributed by atoms with E-state index in [9.17, 15) is 4.39 Å². The van der Waals surface area contributed by atoms with Crippen molar-refractivity contribution in [2.75, 3.05) is 7.11 Å². The Kier molecular flexibility index (Phi) is 7.00. The molecule has 0 amide bonds. The molecule has 0 saturated heterocycles.